The van der Waals surface area contributed by atoms with E-state index in [0.29, 0.717) is 29.0 Å². The van der Waals surface area contributed by atoms with Crippen molar-refractivity contribution >= 4 is 28.9 Å². The van der Waals surface area contributed by atoms with Crippen LogP contribution in [0.3, 0.4) is 0 Å². The predicted octanol–water partition coefficient (Wildman–Crippen LogP) is 3.37. The Morgan fingerprint density at radius 1 is 1.48 bits per heavy atom. The lowest BCUT2D eigenvalue weighted by Crippen LogP contribution is -2.40. The van der Waals surface area contributed by atoms with Crippen LogP contribution in [0.5, 0.6) is 0 Å². The molecule has 0 heterocycles. The Morgan fingerprint density at radius 2 is 2.24 bits per heavy atom. The van der Waals surface area contributed by atoms with Crippen molar-refractivity contribution in [3.8, 4) is 0 Å². The second-order valence-electron chi connectivity index (χ2n) is 6.12. The first-order chi connectivity index (χ1) is 9.95. The van der Waals surface area contributed by atoms with E-state index in [2.05, 4.69) is 17.1 Å². The molecule has 1 aliphatic carbocycles. The number of nitrogen functional groups attached to an aromatic ring is 1. The first kappa shape index (κ1) is 16.1. The predicted molar refractivity (Wildman–Crippen MR) is 88.5 cm³/mol. The van der Waals surface area contributed by atoms with Crippen LogP contribution in [0.1, 0.15) is 32.6 Å². The molecular weight excluding hydrogens is 286 g/mol. The first-order valence-corrected chi connectivity index (χ1v) is 7.88. The molecule has 3 N–H and O–H groups in total. The summed E-state index contributed by atoms with van der Waals surface area (Å²) in [4.78, 5) is 14.3. The van der Waals surface area contributed by atoms with Crippen molar-refractivity contribution in [2.45, 2.75) is 38.6 Å². The van der Waals surface area contributed by atoms with Crippen LogP contribution < -0.4 is 11.1 Å². The van der Waals surface area contributed by atoms with E-state index in [4.69, 9.17) is 17.3 Å². The van der Waals surface area contributed by atoms with Crippen LogP contribution in [0.2, 0.25) is 5.02 Å². The van der Waals surface area contributed by atoms with Crippen molar-refractivity contribution in [3.05, 3.63) is 23.2 Å². The Labute approximate surface area is 131 Å². The molecule has 0 aromatic heterocycles. The van der Waals surface area contributed by atoms with E-state index in [1.807, 2.05) is 7.05 Å². The number of nitrogens with zero attached hydrogens (tertiary/aromatic N) is 1. The van der Waals surface area contributed by atoms with Crippen LogP contribution in [-0.2, 0) is 4.79 Å². The Kier molecular flexibility index (Phi) is 5.48. The van der Waals surface area contributed by atoms with Gasteiger partial charge in [0.1, 0.15) is 0 Å². The van der Waals surface area contributed by atoms with E-state index in [1.165, 1.54) is 25.7 Å². The van der Waals surface area contributed by atoms with Gasteiger partial charge in [-0.15, -0.1) is 0 Å². The molecule has 5 heteroatoms. The van der Waals surface area contributed by atoms with E-state index >= 15 is 0 Å². The molecule has 1 amide bonds. The molecule has 2 unspecified atom stereocenters. The normalized spacial score (nSPS) is 22.3. The average molecular weight is 310 g/mol. The number of rotatable bonds is 4. The van der Waals surface area contributed by atoms with Crippen LogP contribution in [0.25, 0.3) is 0 Å². The van der Waals surface area contributed by atoms with Gasteiger partial charge in [-0.25, -0.2) is 0 Å². The highest BCUT2D eigenvalue weighted by molar-refractivity contribution is 6.31. The van der Waals surface area contributed by atoms with Crippen LogP contribution in [-0.4, -0.2) is 30.4 Å². The summed E-state index contributed by atoms with van der Waals surface area (Å²) in [5.74, 6) is 0.697. The molecule has 1 fully saturated rings. The maximum Gasteiger partial charge on any atom is 0.238 e. The van der Waals surface area contributed by atoms with E-state index in [0.717, 1.165) is 5.92 Å². The van der Waals surface area contributed by atoms with Crippen LogP contribution in [0.15, 0.2) is 18.2 Å². The van der Waals surface area contributed by atoms with Crippen molar-refractivity contribution in [2.24, 2.45) is 5.92 Å². The van der Waals surface area contributed by atoms with Gasteiger partial charge >= 0.3 is 0 Å². The fourth-order valence-corrected chi connectivity index (χ4v) is 3.16. The number of hydrogen-bond donors (Lipinski definition) is 2. The molecule has 1 aliphatic rings. The van der Waals surface area contributed by atoms with Gasteiger partial charge in [0.25, 0.3) is 0 Å². The SMILES string of the molecule is CC1CCCC(N(C)CC(=O)Nc2cc(Cl)ccc2N)C1. The summed E-state index contributed by atoms with van der Waals surface area (Å²) in [6, 6.07) is 5.58. The number of halogens is 1. The van der Waals surface area contributed by atoms with Gasteiger partial charge in [0.2, 0.25) is 5.91 Å². The first-order valence-electron chi connectivity index (χ1n) is 7.51. The third-order valence-corrected chi connectivity index (χ3v) is 4.45. The molecule has 0 aliphatic heterocycles. The third-order valence-electron chi connectivity index (χ3n) is 4.21. The molecule has 1 saturated carbocycles. The van der Waals surface area contributed by atoms with Gasteiger partial charge in [0.05, 0.1) is 17.9 Å². The molecule has 1 aromatic carbocycles. The fourth-order valence-electron chi connectivity index (χ4n) is 2.98. The van der Waals surface area contributed by atoms with Crippen molar-refractivity contribution in [1.29, 1.82) is 0 Å². The molecule has 0 radical (unpaired) electrons. The van der Waals surface area contributed by atoms with Crippen LogP contribution >= 0.6 is 11.6 Å². The molecule has 0 saturated heterocycles. The molecule has 21 heavy (non-hydrogen) atoms. The molecule has 4 nitrogen and oxygen atoms in total. The quantitative estimate of drug-likeness (QED) is 0.838. The monoisotopic (exact) mass is 309 g/mol. The Balaban J connectivity index is 1.90. The van der Waals surface area contributed by atoms with Gasteiger partial charge in [-0.05, 0) is 44.0 Å². The van der Waals surface area contributed by atoms with Gasteiger partial charge in [-0.3, -0.25) is 9.69 Å². The highest BCUT2D eigenvalue weighted by Gasteiger charge is 2.23. The summed E-state index contributed by atoms with van der Waals surface area (Å²) in [6.45, 7) is 2.66. The lowest BCUT2D eigenvalue weighted by atomic mass is 9.86. The van der Waals surface area contributed by atoms with Crippen LogP contribution in [0, 0.1) is 5.92 Å². The minimum absolute atomic E-state index is 0.0512. The highest BCUT2D eigenvalue weighted by Crippen LogP contribution is 2.27. The molecule has 2 atom stereocenters. The van der Waals surface area contributed by atoms with Gasteiger partial charge < -0.3 is 11.1 Å². The highest BCUT2D eigenvalue weighted by atomic mass is 35.5. The van der Waals surface area contributed by atoms with Crippen molar-refractivity contribution in [3.63, 3.8) is 0 Å². The zero-order valence-corrected chi connectivity index (χ0v) is 13.5. The number of carbonyl (C=O) groups is 1. The van der Waals surface area contributed by atoms with Crippen molar-refractivity contribution < 1.29 is 4.79 Å². The number of anilines is 2. The fraction of sp³-hybridized carbons (Fsp3) is 0.562. The van der Waals surface area contributed by atoms with Crippen molar-refractivity contribution in [1.82, 2.24) is 4.90 Å². The molecular formula is C16H24ClN3O. The molecule has 1 aromatic rings. The van der Waals surface area contributed by atoms with E-state index in [9.17, 15) is 4.79 Å². The number of benzene rings is 1. The number of carbonyl (C=O) groups excluding carboxylic acids is 1. The summed E-state index contributed by atoms with van der Waals surface area (Å²) in [6.07, 6.45) is 4.89. The number of nitrogens with one attached hydrogen (secondary N) is 1. The zero-order chi connectivity index (χ0) is 15.4. The van der Waals surface area contributed by atoms with Crippen LogP contribution in [0.4, 0.5) is 11.4 Å². The minimum atomic E-state index is -0.0512. The smallest absolute Gasteiger partial charge is 0.238 e. The van der Waals surface area contributed by atoms with E-state index in [-0.39, 0.29) is 5.91 Å². The minimum Gasteiger partial charge on any atom is -0.397 e. The molecule has 0 bridgehead atoms. The topological polar surface area (TPSA) is 58.4 Å². The average Bonchev–Trinajstić information content (AvgIpc) is 2.42. The summed E-state index contributed by atoms with van der Waals surface area (Å²) in [7, 11) is 2.02. The van der Waals surface area contributed by atoms with Crippen molar-refractivity contribution in [2.75, 3.05) is 24.6 Å². The number of amides is 1. The molecule has 116 valence electrons. The maximum atomic E-state index is 12.2. The second kappa shape index (κ2) is 7.14. The van der Waals surface area contributed by atoms with E-state index in [1.54, 1.807) is 18.2 Å². The third kappa shape index (κ3) is 4.61. The largest absolute Gasteiger partial charge is 0.397 e. The Hall–Kier alpha value is -1.26. The molecule has 2 rings (SSSR count). The number of likely N-dealkylation sites (N-methyl/N-ethyl adjacent to an activating group) is 1. The zero-order valence-electron chi connectivity index (χ0n) is 12.7. The summed E-state index contributed by atoms with van der Waals surface area (Å²) >= 11 is 5.93. The summed E-state index contributed by atoms with van der Waals surface area (Å²) < 4.78 is 0. The van der Waals surface area contributed by atoms with Gasteiger partial charge in [0.15, 0.2) is 0 Å². The maximum absolute atomic E-state index is 12.2. The summed E-state index contributed by atoms with van der Waals surface area (Å²) in [5, 5.41) is 3.41. The standard InChI is InChI=1S/C16H24ClN3O/c1-11-4-3-5-13(8-11)20(2)10-16(21)19-15-9-12(17)6-7-14(15)18/h6-7,9,11,13H,3-5,8,10,18H2,1-2H3,(H,19,21). The Morgan fingerprint density at radius 3 is 2.95 bits per heavy atom. The van der Waals surface area contributed by atoms with Gasteiger partial charge in [-0.1, -0.05) is 31.4 Å². The number of nitrogens with two attached hydrogens (primary N) is 1. The Bertz CT molecular complexity index is 506. The molecule has 0 spiro atoms. The number of hydrogen-bond acceptors (Lipinski definition) is 3. The van der Waals surface area contributed by atoms with E-state index < -0.39 is 0 Å². The second-order valence-corrected chi connectivity index (χ2v) is 6.56. The summed E-state index contributed by atoms with van der Waals surface area (Å²) in [5.41, 5.74) is 6.95. The lowest BCUT2D eigenvalue weighted by molar-refractivity contribution is -0.117. The van der Waals surface area contributed by atoms with Gasteiger partial charge in [0, 0.05) is 11.1 Å². The van der Waals surface area contributed by atoms with Gasteiger partial charge in [-0.2, -0.15) is 0 Å². The lowest BCUT2D eigenvalue weighted by Gasteiger charge is -2.33.